The Hall–Kier alpha value is -3.93. The van der Waals surface area contributed by atoms with Gasteiger partial charge in [-0.3, -0.25) is 9.59 Å². The minimum Gasteiger partial charge on any atom is -0.493 e. The Kier molecular flexibility index (Phi) is 9.17. The molecule has 3 heterocycles. The molecule has 0 saturated carbocycles. The van der Waals surface area contributed by atoms with Crippen LogP contribution in [-0.2, 0) is 32.2 Å². The number of aliphatic carboxylic acids is 1. The number of nitrogens with one attached hydrogen (secondary N) is 1. The van der Waals surface area contributed by atoms with Gasteiger partial charge in [0.05, 0.1) is 25.3 Å². The van der Waals surface area contributed by atoms with Crippen LogP contribution in [0.15, 0.2) is 65.5 Å². The van der Waals surface area contributed by atoms with Crippen molar-refractivity contribution in [3.63, 3.8) is 0 Å². The third-order valence-electron chi connectivity index (χ3n) is 7.50. The number of ether oxygens (including phenoxy) is 4. The molecule has 218 valence electrons. The summed E-state index contributed by atoms with van der Waals surface area (Å²) < 4.78 is 24.2. The number of carbonyl (C=O) groups excluding carboxylic acids is 1. The molecule has 2 aromatic carbocycles. The van der Waals surface area contributed by atoms with E-state index in [0.29, 0.717) is 64.6 Å². The Labute approximate surface area is 237 Å². The molecule has 2 aliphatic rings. The number of rotatable bonds is 11. The van der Waals surface area contributed by atoms with E-state index >= 15 is 0 Å². The van der Waals surface area contributed by atoms with Crippen LogP contribution in [0.4, 0.5) is 4.79 Å². The monoisotopic (exact) mass is 565 g/mol. The number of hydrogen-bond acceptors (Lipinski definition) is 8. The van der Waals surface area contributed by atoms with Gasteiger partial charge in [0.15, 0.2) is 5.79 Å². The average Bonchev–Trinajstić information content (AvgIpc) is 3.45. The predicted octanol–water partition coefficient (Wildman–Crippen LogP) is 2.85. The molecule has 0 aliphatic carbocycles. The lowest BCUT2D eigenvalue weighted by atomic mass is 9.90. The smallest absolute Gasteiger partial charge is 0.407 e. The summed E-state index contributed by atoms with van der Waals surface area (Å²) in [4.78, 5) is 38.7. The molecule has 1 aromatic heterocycles. The number of carboxylic acids is 1. The van der Waals surface area contributed by atoms with Crippen LogP contribution in [0.5, 0.6) is 5.75 Å². The van der Waals surface area contributed by atoms with E-state index in [9.17, 15) is 19.5 Å². The summed E-state index contributed by atoms with van der Waals surface area (Å²) in [5, 5.41) is 13.4. The van der Waals surface area contributed by atoms with Crippen molar-refractivity contribution in [1.29, 1.82) is 0 Å². The number of fused-ring (bicyclic) bond motifs is 1. The molecule has 41 heavy (non-hydrogen) atoms. The van der Waals surface area contributed by atoms with Gasteiger partial charge in [0.2, 0.25) is 0 Å². The maximum Gasteiger partial charge on any atom is 0.407 e. The summed E-state index contributed by atoms with van der Waals surface area (Å²) in [7, 11) is 0. The van der Waals surface area contributed by atoms with Crippen LogP contribution in [0.1, 0.15) is 18.4 Å². The Morgan fingerprint density at radius 3 is 2.61 bits per heavy atom. The van der Waals surface area contributed by atoms with Gasteiger partial charge in [-0.2, -0.15) is 0 Å². The van der Waals surface area contributed by atoms with Crippen molar-refractivity contribution in [2.24, 2.45) is 5.92 Å². The van der Waals surface area contributed by atoms with Gasteiger partial charge in [-0.25, -0.2) is 4.79 Å². The zero-order chi connectivity index (χ0) is 28.7. The van der Waals surface area contributed by atoms with Crippen LogP contribution >= 0.6 is 0 Å². The SMILES string of the molecule is O=C(NCCCOc1ccc2ccc(=O)n(CCN3CCC4(OCCO4)C(C(=O)O)C3)c2c1)OCc1ccccc1. The fourth-order valence-corrected chi connectivity index (χ4v) is 5.32. The first-order chi connectivity index (χ1) is 19.9. The molecule has 1 unspecified atom stereocenters. The molecular formula is C30H35N3O8. The molecule has 0 bridgehead atoms. The van der Waals surface area contributed by atoms with Gasteiger partial charge in [0.25, 0.3) is 5.56 Å². The maximum absolute atomic E-state index is 12.8. The van der Waals surface area contributed by atoms with E-state index in [-0.39, 0.29) is 18.7 Å². The molecule has 2 saturated heterocycles. The van der Waals surface area contributed by atoms with Crippen LogP contribution in [-0.4, -0.2) is 78.4 Å². The second-order valence-corrected chi connectivity index (χ2v) is 10.2. The highest BCUT2D eigenvalue weighted by Gasteiger charge is 2.51. The van der Waals surface area contributed by atoms with E-state index in [1.165, 1.54) is 6.07 Å². The van der Waals surface area contributed by atoms with Crippen LogP contribution in [0.3, 0.4) is 0 Å². The van der Waals surface area contributed by atoms with Gasteiger partial charge in [0, 0.05) is 51.3 Å². The number of likely N-dealkylation sites (tertiary alicyclic amines) is 1. The Morgan fingerprint density at radius 1 is 1.05 bits per heavy atom. The average molecular weight is 566 g/mol. The molecule has 2 aliphatic heterocycles. The Balaban J connectivity index is 1.13. The quantitative estimate of drug-likeness (QED) is 0.337. The van der Waals surface area contributed by atoms with Gasteiger partial charge in [-0.1, -0.05) is 30.3 Å². The third kappa shape index (κ3) is 7.05. The lowest BCUT2D eigenvalue weighted by molar-refractivity contribution is -0.226. The van der Waals surface area contributed by atoms with E-state index in [2.05, 4.69) is 5.32 Å². The van der Waals surface area contributed by atoms with Crippen molar-refractivity contribution >= 4 is 23.0 Å². The number of hydrogen-bond donors (Lipinski definition) is 2. The number of carboxylic acid groups (broad SMARTS) is 1. The molecule has 11 nitrogen and oxygen atoms in total. The largest absolute Gasteiger partial charge is 0.493 e. The van der Waals surface area contributed by atoms with E-state index in [1.54, 1.807) is 10.6 Å². The first-order valence-electron chi connectivity index (χ1n) is 13.9. The van der Waals surface area contributed by atoms with Crippen molar-refractivity contribution in [2.45, 2.75) is 31.8 Å². The van der Waals surface area contributed by atoms with E-state index in [4.69, 9.17) is 18.9 Å². The summed E-state index contributed by atoms with van der Waals surface area (Å²) in [5.74, 6) is -2.17. The van der Waals surface area contributed by atoms with Crippen molar-refractivity contribution in [3.8, 4) is 5.75 Å². The number of carbonyl (C=O) groups is 2. The zero-order valence-electron chi connectivity index (χ0n) is 22.8. The van der Waals surface area contributed by atoms with E-state index in [1.807, 2.05) is 53.4 Å². The molecule has 0 radical (unpaired) electrons. The number of benzene rings is 2. The molecule has 2 fully saturated rings. The summed E-state index contributed by atoms with van der Waals surface area (Å²) in [6.45, 7) is 3.60. The molecule has 5 rings (SSSR count). The first-order valence-corrected chi connectivity index (χ1v) is 13.9. The summed E-state index contributed by atoms with van der Waals surface area (Å²) in [6.07, 6.45) is 0.561. The van der Waals surface area contributed by atoms with Crippen LogP contribution in [0, 0.1) is 5.92 Å². The van der Waals surface area contributed by atoms with Crippen molar-refractivity contribution in [3.05, 3.63) is 76.6 Å². The van der Waals surface area contributed by atoms with Gasteiger partial charge < -0.3 is 38.8 Å². The zero-order valence-corrected chi connectivity index (χ0v) is 22.8. The topological polar surface area (TPSA) is 129 Å². The second kappa shape index (κ2) is 13.2. The molecule has 3 aromatic rings. The fraction of sp³-hybridized carbons (Fsp3) is 0.433. The van der Waals surface area contributed by atoms with Crippen LogP contribution in [0.25, 0.3) is 10.9 Å². The highest BCUT2D eigenvalue weighted by atomic mass is 16.7. The molecule has 1 amide bonds. The Bertz CT molecular complexity index is 1400. The van der Waals surface area contributed by atoms with Gasteiger partial charge in [-0.05, 0) is 35.6 Å². The van der Waals surface area contributed by atoms with Gasteiger partial charge >= 0.3 is 12.1 Å². The van der Waals surface area contributed by atoms with Crippen LogP contribution < -0.4 is 15.6 Å². The lowest BCUT2D eigenvalue weighted by Crippen LogP contribution is -2.56. The maximum atomic E-state index is 12.8. The summed E-state index contributed by atoms with van der Waals surface area (Å²) in [5.41, 5.74) is 1.52. The van der Waals surface area contributed by atoms with Crippen molar-refractivity contribution in [2.75, 3.05) is 46.0 Å². The highest BCUT2D eigenvalue weighted by molar-refractivity contribution is 5.80. The molecule has 2 N–H and O–H groups in total. The molecule has 11 heteroatoms. The number of nitrogens with zero attached hydrogens (tertiary/aromatic N) is 2. The van der Waals surface area contributed by atoms with E-state index < -0.39 is 23.8 Å². The van der Waals surface area contributed by atoms with Crippen LogP contribution in [0.2, 0.25) is 0 Å². The molecule has 1 atom stereocenters. The number of aromatic nitrogens is 1. The minimum atomic E-state index is -1.05. The van der Waals surface area contributed by atoms with Gasteiger partial charge in [0.1, 0.15) is 18.3 Å². The standard InChI is InChI=1S/C30H35N3O8/c34-27-10-8-23-7-9-24(38-16-4-12-31-29(37)39-21-22-5-2-1-3-6-22)19-26(23)33(27)15-14-32-13-11-30(40-17-18-41-30)25(20-32)28(35)36/h1-3,5-10,19,25H,4,11-18,20-21H2,(H,31,37)(H,35,36). The highest BCUT2D eigenvalue weighted by Crippen LogP contribution is 2.36. The minimum absolute atomic E-state index is 0.140. The fourth-order valence-electron chi connectivity index (χ4n) is 5.32. The van der Waals surface area contributed by atoms with Gasteiger partial charge in [-0.15, -0.1) is 0 Å². The molecular weight excluding hydrogens is 530 g/mol. The lowest BCUT2D eigenvalue weighted by Gasteiger charge is -2.42. The van der Waals surface area contributed by atoms with Crippen molar-refractivity contribution in [1.82, 2.24) is 14.8 Å². The first kappa shape index (κ1) is 28.6. The van der Waals surface area contributed by atoms with Crippen molar-refractivity contribution < 1.29 is 33.6 Å². The number of pyridine rings is 1. The van der Waals surface area contributed by atoms with E-state index in [0.717, 1.165) is 16.5 Å². The number of alkyl carbamates (subject to hydrolysis) is 1. The number of amides is 1. The Morgan fingerprint density at radius 2 is 1.83 bits per heavy atom. The number of piperidine rings is 1. The summed E-state index contributed by atoms with van der Waals surface area (Å²) >= 11 is 0. The second-order valence-electron chi connectivity index (χ2n) is 10.2. The normalized spacial score (nSPS) is 18.4. The molecule has 1 spiro atoms. The predicted molar refractivity (Wildman–Crippen MR) is 150 cm³/mol. The summed E-state index contributed by atoms with van der Waals surface area (Å²) in [6, 6.07) is 18.4. The third-order valence-corrected chi connectivity index (χ3v) is 7.50.